The highest BCUT2D eigenvalue weighted by molar-refractivity contribution is 6.36. The van der Waals surface area contributed by atoms with Crippen LogP contribution >= 0.6 is 23.2 Å². The summed E-state index contributed by atoms with van der Waals surface area (Å²) in [6.07, 6.45) is 2.57. The van der Waals surface area contributed by atoms with Crippen LogP contribution in [0.4, 0.5) is 0 Å². The Kier molecular flexibility index (Phi) is 3.91. The molecule has 25 heavy (non-hydrogen) atoms. The van der Waals surface area contributed by atoms with Crippen molar-refractivity contribution >= 4 is 40.3 Å². The number of rotatable bonds is 1. The Bertz CT molecular complexity index is 1080. The van der Waals surface area contributed by atoms with Gasteiger partial charge in [-0.15, -0.1) is 0 Å². The molecule has 1 N–H and O–H groups in total. The summed E-state index contributed by atoms with van der Waals surface area (Å²) in [4.78, 5) is 4.33. The van der Waals surface area contributed by atoms with E-state index in [-0.39, 0.29) is 5.75 Å². The van der Waals surface area contributed by atoms with Crippen LogP contribution in [-0.4, -0.2) is 22.4 Å². The second kappa shape index (κ2) is 6.11. The first-order valence-corrected chi connectivity index (χ1v) is 8.60. The van der Waals surface area contributed by atoms with Gasteiger partial charge in [-0.1, -0.05) is 29.3 Å². The van der Waals surface area contributed by atoms with Crippen LogP contribution in [0.1, 0.15) is 17.7 Å². The molecule has 0 bridgehead atoms. The molecular weight excluding hydrogens is 357 g/mol. The molecule has 2 heterocycles. The van der Waals surface area contributed by atoms with Crippen molar-refractivity contribution in [2.45, 2.75) is 13.0 Å². The maximum Gasteiger partial charge on any atom is 0.150 e. The molecule has 1 aliphatic rings. The smallest absolute Gasteiger partial charge is 0.150 e. The van der Waals surface area contributed by atoms with Gasteiger partial charge in [0, 0.05) is 45.9 Å². The van der Waals surface area contributed by atoms with Gasteiger partial charge in [0.15, 0.2) is 0 Å². The first-order chi connectivity index (χ1) is 12.1. The third-order valence-corrected chi connectivity index (χ3v) is 4.95. The van der Waals surface area contributed by atoms with Crippen LogP contribution in [-0.2, 0) is 6.54 Å². The first-order valence-electron chi connectivity index (χ1n) is 7.84. The van der Waals surface area contributed by atoms with Gasteiger partial charge in [-0.05, 0) is 30.7 Å². The van der Waals surface area contributed by atoms with Gasteiger partial charge in [0.05, 0.1) is 17.1 Å². The van der Waals surface area contributed by atoms with Gasteiger partial charge in [0.2, 0.25) is 0 Å². The van der Waals surface area contributed by atoms with E-state index in [0.29, 0.717) is 26.7 Å². The van der Waals surface area contributed by atoms with Crippen LogP contribution in [0.15, 0.2) is 35.3 Å². The highest BCUT2D eigenvalue weighted by Gasteiger charge is 2.22. The van der Waals surface area contributed by atoms with Crippen LogP contribution < -0.4 is 0 Å². The van der Waals surface area contributed by atoms with E-state index in [1.54, 1.807) is 30.5 Å². The van der Waals surface area contributed by atoms with Gasteiger partial charge in [-0.2, -0.15) is 5.26 Å². The third-order valence-electron chi connectivity index (χ3n) is 4.40. The number of nitrogens with zero attached hydrogens (tertiary/aromatic N) is 3. The van der Waals surface area contributed by atoms with Crippen molar-refractivity contribution in [2.24, 2.45) is 4.99 Å². The fraction of sp³-hybridized carbons (Fsp3) is 0.158. The molecule has 0 fully saturated rings. The van der Waals surface area contributed by atoms with E-state index in [4.69, 9.17) is 23.2 Å². The number of hydrogen-bond donors (Lipinski definition) is 1. The maximum absolute atomic E-state index is 10.7. The Balaban J connectivity index is 2.13. The number of fused-ring (bicyclic) bond motifs is 3. The van der Waals surface area contributed by atoms with E-state index in [1.807, 2.05) is 10.6 Å². The molecule has 2 aromatic carbocycles. The highest BCUT2D eigenvalue weighted by atomic mass is 35.5. The van der Waals surface area contributed by atoms with Gasteiger partial charge in [0.1, 0.15) is 11.4 Å². The monoisotopic (exact) mass is 369 g/mol. The molecule has 0 saturated heterocycles. The van der Waals surface area contributed by atoms with E-state index < -0.39 is 0 Å². The molecule has 0 atom stereocenters. The molecule has 3 aromatic rings. The summed E-state index contributed by atoms with van der Waals surface area (Å²) in [7, 11) is 0. The molecule has 0 radical (unpaired) electrons. The van der Waals surface area contributed by atoms with Crippen molar-refractivity contribution in [1.82, 2.24) is 4.57 Å². The van der Waals surface area contributed by atoms with Crippen molar-refractivity contribution in [1.29, 1.82) is 5.26 Å². The largest absolute Gasteiger partial charge is 0.505 e. The number of aliphatic imine (C=N–C) groups is 1. The zero-order valence-electron chi connectivity index (χ0n) is 13.1. The molecule has 1 aromatic heterocycles. The van der Waals surface area contributed by atoms with Crippen molar-refractivity contribution in [3.05, 3.63) is 51.6 Å². The fourth-order valence-corrected chi connectivity index (χ4v) is 3.81. The summed E-state index contributed by atoms with van der Waals surface area (Å²) in [5, 5.41) is 21.8. The molecule has 124 valence electrons. The summed E-state index contributed by atoms with van der Waals surface area (Å²) in [6.45, 7) is 1.45. The predicted octanol–water partition coefficient (Wildman–Crippen LogP) is 5.01. The Morgan fingerprint density at radius 3 is 2.76 bits per heavy atom. The molecule has 6 heteroatoms. The van der Waals surface area contributed by atoms with Crippen LogP contribution in [0.3, 0.4) is 0 Å². The van der Waals surface area contributed by atoms with Gasteiger partial charge in [-0.3, -0.25) is 4.99 Å². The molecule has 0 amide bonds. The molecule has 0 unspecified atom stereocenters. The summed E-state index contributed by atoms with van der Waals surface area (Å²) in [5.41, 5.74) is 3.54. The maximum atomic E-state index is 10.7. The van der Waals surface area contributed by atoms with Crippen molar-refractivity contribution in [3.63, 3.8) is 0 Å². The minimum absolute atomic E-state index is 0.143. The second-order valence-corrected chi connectivity index (χ2v) is 6.77. The van der Waals surface area contributed by atoms with Crippen LogP contribution in [0.2, 0.25) is 10.0 Å². The highest BCUT2D eigenvalue weighted by Crippen LogP contribution is 2.41. The molecule has 0 spiro atoms. The standard InChI is InChI=1S/C19H13Cl2N3O/c20-12-2-3-13(16(21)8-12)14-6-11(9-22)7-15-18(14)24-5-1-4-23-10-17(24)19(15)25/h2-3,6-8,10,25H,1,4-5H2. The molecular formula is C19H13Cl2N3O. The molecule has 4 nitrogen and oxygen atoms in total. The van der Waals surface area contributed by atoms with Crippen LogP contribution in [0, 0.1) is 11.3 Å². The predicted molar refractivity (Wildman–Crippen MR) is 101 cm³/mol. The quantitative estimate of drug-likeness (QED) is 0.654. The number of aromatic nitrogens is 1. The minimum atomic E-state index is 0.143. The van der Waals surface area contributed by atoms with E-state index in [0.717, 1.165) is 36.2 Å². The average molecular weight is 370 g/mol. The van der Waals surface area contributed by atoms with Crippen molar-refractivity contribution in [3.8, 4) is 22.9 Å². The van der Waals surface area contributed by atoms with E-state index in [1.165, 1.54) is 0 Å². The average Bonchev–Trinajstić information content (AvgIpc) is 2.77. The van der Waals surface area contributed by atoms with Gasteiger partial charge in [0.25, 0.3) is 0 Å². The third kappa shape index (κ3) is 2.57. The zero-order chi connectivity index (χ0) is 17.6. The number of hydrogen-bond acceptors (Lipinski definition) is 3. The zero-order valence-corrected chi connectivity index (χ0v) is 14.6. The fourth-order valence-electron chi connectivity index (χ4n) is 3.30. The van der Waals surface area contributed by atoms with Gasteiger partial charge < -0.3 is 9.67 Å². The van der Waals surface area contributed by atoms with Crippen LogP contribution in [0.5, 0.6) is 5.75 Å². The van der Waals surface area contributed by atoms with Crippen LogP contribution in [0.25, 0.3) is 22.0 Å². The topological polar surface area (TPSA) is 61.3 Å². The molecule has 0 saturated carbocycles. The normalized spacial score (nSPS) is 13.5. The Morgan fingerprint density at radius 2 is 2.00 bits per heavy atom. The lowest BCUT2D eigenvalue weighted by Crippen LogP contribution is -2.02. The molecule has 0 aliphatic carbocycles. The lowest BCUT2D eigenvalue weighted by Gasteiger charge is -2.12. The summed E-state index contributed by atoms with van der Waals surface area (Å²) in [5.74, 6) is 0.143. The SMILES string of the molecule is N#Cc1cc(-c2ccc(Cl)cc2Cl)c2c(c1)c(O)c1n2CCCN=C1. The number of benzene rings is 2. The lowest BCUT2D eigenvalue weighted by atomic mass is 9.99. The molecule has 4 rings (SSSR count). The minimum Gasteiger partial charge on any atom is -0.505 e. The van der Waals surface area contributed by atoms with Gasteiger partial charge in [-0.25, -0.2) is 0 Å². The second-order valence-electron chi connectivity index (χ2n) is 5.93. The Hall–Kier alpha value is -2.48. The van der Waals surface area contributed by atoms with E-state index >= 15 is 0 Å². The Morgan fingerprint density at radius 1 is 1.16 bits per heavy atom. The van der Waals surface area contributed by atoms with Crippen molar-refractivity contribution in [2.75, 3.05) is 6.54 Å². The lowest BCUT2D eigenvalue weighted by molar-refractivity contribution is 0.477. The summed E-state index contributed by atoms with van der Waals surface area (Å²) >= 11 is 12.4. The van der Waals surface area contributed by atoms with E-state index in [2.05, 4.69) is 11.1 Å². The van der Waals surface area contributed by atoms with E-state index in [9.17, 15) is 10.4 Å². The van der Waals surface area contributed by atoms with Gasteiger partial charge >= 0.3 is 0 Å². The number of halogens is 2. The summed E-state index contributed by atoms with van der Waals surface area (Å²) < 4.78 is 2.04. The first kappa shape index (κ1) is 16.0. The van der Waals surface area contributed by atoms with Crippen molar-refractivity contribution < 1.29 is 5.11 Å². The number of aromatic hydroxyl groups is 1. The number of nitriles is 1. The molecule has 1 aliphatic heterocycles. The summed E-state index contributed by atoms with van der Waals surface area (Å²) in [6, 6.07) is 10.9. The number of aryl methyl sites for hydroxylation is 1. The Labute approximate surface area is 154 Å².